The quantitative estimate of drug-likeness (QED) is 0.0560. The third kappa shape index (κ3) is 16.5. The van der Waals surface area contributed by atoms with Gasteiger partial charge in [-0.25, -0.2) is 29.9 Å². The lowest BCUT2D eigenvalue weighted by atomic mass is 10.1. The van der Waals surface area contributed by atoms with Crippen molar-refractivity contribution in [3.63, 3.8) is 0 Å². The predicted molar refractivity (Wildman–Crippen MR) is 482 cm³/mol. The highest BCUT2D eigenvalue weighted by Crippen LogP contribution is 2.54. The molecule has 15 aromatic rings. The number of benzene rings is 12. The van der Waals surface area contributed by atoms with E-state index in [1.165, 1.54) is 44.5 Å². The number of aromatic amines is 2. The molecule has 8 bridgehead atoms. The first-order valence-corrected chi connectivity index (χ1v) is 45.1. The highest BCUT2D eigenvalue weighted by Gasteiger charge is 2.30. The normalized spacial score (nSPS) is 14.1. The molecule has 5 heterocycles. The number of nitrogens with one attached hydrogen (secondary N) is 2. The van der Waals surface area contributed by atoms with Crippen LogP contribution in [0, 0.1) is 0 Å². The molecule has 8 atom stereocenters. The molecular formula is C96H82N8S8. The molecule has 0 amide bonds. The van der Waals surface area contributed by atoms with Gasteiger partial charge in [-0.05, 0) is 148 Å². The summed E-state index contributed by atoms with van der Waals surface area (Å²) in [6.07, 6.45) is 0. The second-order valence-electron chi connectivity index (χ2n) is 28.4. The molecule has 112 heavy (non-hydrogen) atoms. The Morgan fingerprint density at radius 3 is 0.482 bits per heavy atom. The third-order valence-corrected chi connectivity index (χ3v) is 30.9. The lowest BCUT2D eigenvalue weighted by Gasteiger charge is -2.19. The fourth-order valence-corrected chi connectivity index (χ4v) is 23.8. The van der Waals surface area contributed by atoms with Gasteiger partial charge in [0.1, 0.15) is 22.6 Å². The van der Waals surface area contributed by atoms with Gasteiger partial charge in [-0.3, -0.25) is 0 Å². The number of rotatable bonds is 24. The summed E-state index contributed by atoms with van der Waals surface area (Å²) in [6.45, 7) is 18.4. The summed E-state index contributed by atoms with van der Waals surface area (Å²) < 4.78 is 0. The Balaban J connectivity index is 0.973. The summed E-state index contributed by atoms with van der Waals surface area (Å²) in [5.74, 6) is 2.19. The summed E-state index contributed by atoms with van der Waals surface area (Å²) in [5, 5.41) is 4.59. The van der Waals surface area contributed by atoms with Gasteiger partial charge >= 0.3 is 0 Å². The molecule has 0 spiro atoms. The van der Waals surface area contributed by atoms with Crippen LogP contribution in [0.5, 0.6) is 0 Å². The van der Waals surface area contributed by atoms with E-state index < -0.39 is 0 Å². The molecule has 0 radical (unpaired) electrons. The van der Waals surface area contributed by atoms with Crippen molar-refractivity contribution >= 4 is 138 Å². The summed E-state index contributed by atoms with van der Waals surface area (Å²) in [7, 11) is 0. The topological polar surface area (TPSA) is 109 Å². The summed E-state index contributed by atoms with van der Waals surface area (Å²) in [6, 6.07) is 105. The van der Waals surface area contributed by atoms with Crippen LogP contribution in [-0.2, 0) is 0 Å². The van der Waals surface area contributed by atoms with Crippen molar-refractivity contribution in [2.75, 3.05) is 0 Å². The first kappa shape index (κ1) is 75.5. The minimum absolute atomic E-state index is 0.114. The van der Waals surface area contributed by atoms with Crippen molar-refractivity contribution in [1.82, 2.24) is 39.9 Å². The van der Waals surface area contributed by atoms with E-state index in [4.69, 9.17) is 29.9 Å². The molecule has 2 aliphatic rings. The van der Waals surface area contributed by atoms with Crippen molar-refractivity contribution in [3.05, 3.63) is 336 Å². The van der Waals surface area contributed by atoms with Gasteiger partial charge in [-0.1, -0.05) is 243 Å². The van der Waals surface area contributed by atoms with Gasteiger partial charge in [0.25, 0.3) is 0 Å². The fourth-order valence-electron chi connectivity index (χ4n) is 14.4. The fraction of sp³-hybridized carbons (Fsp3) is 0.167. The highest BCUT2D eigenvalue weighted by atomic mass is 32.2. The van der Waals surface area contributed by atoms with Crippen LogP contribution < -0.4 is 0 Å². The van der Waals surface area contributed by atoms with E-state index in [0.29, 0.717) is 45.9 Å². The molecule has 8 nitrogen and oxygen atoms in total. The Bertz CT molecular complexity index is 5330. The molecule has 2 aliphatic heterocycles. The van der Waals surface area contributed by atoms with Crippen LogP contribution in [0.25, 0.3) is 89.7 Å². The predicted octanol–water partition coefficient (Wildman–Crippen LogP) is 29.7. The van der Waals surface area contributed by atoms with E-state index in [1.54, 1.807) is 0 Å². The van der Waals surface area contributed by atoms with E-state index in [1.807, 2.05) is 94.1 Å². The van der Waals surface area contributed by atoms with Gasteiger partial charge in [-0.15, -0.1) is 94.1 Å². The van der Waals surface area contributed by atoms with Crippen molar-refractivity contribution in [1.29, 1.82) is 0 Å². The monoisotopic (exact) mass is 1600 g/mol. The number of hydrogen-bond acceptors (Lipinski definition) is 14. The minimum Gasteiger partial charge on any atom is -0.324 e. The Morgan fingerprint density at radius 2 is 0.330 bits per heavy atom. The maximum absolute atomic E-state index is 5.88. The zero-order valence-corrected chi connectivity index (χ0v) is 69.8. The third-order valence-electron chi connectivity index (χ3n) is 20.7. The van der Waals surface area contributed by atoms with E-state index >= 15 is 0 Å². The van der Waals surface area contributed by atoms with Crippen LogP contribution in [0.4, 0.5) is 0 Å². The molecule has 0 aliphatic carbocycles. The van der Waals surface area contributed by atoms with E-state index in [9.17, 15) is 0 Å². The first-order valence-electron chi connectivity index (χ1n) is 38.0. The maximum atomic E-state index is 5.88. The van der Waals surface area contributed by atoms with Crippen molar-refractivity contribution in [2.24, 2.45) is 0 Å². The number of aromatic nitrogens is 8. The van der Waals surface area contributed by atoms with Crippen LogP contribution in [0.3, 0.4) is 0 Å². The standard InChI is InChI=1S/C96H82N8S8/c1-57(65-33-17-9-18-34-65)105-81-49-73-74(50-82(81)106-58(2)66-35-19-10-20-36-66)90-97-89(73)101-91-75-51-83(107-59(3)67-37-21-11-22-38-67)84(108-60(4)68-39-23-12-24-40-68)52-76(75)93(98-91)103-95-79-55-87(111-63(7)71-45-29-15-30-46-71)88(112-64(8)72-47-31-16-32-48-72)56-80(79)96(100-95)104-94-78-54-86(110-62(6)70-43-27-14-28-44-70)85(53-77(78)92(99-94)102-90)109-61(5)69-41-25-13-26-42-69/h9-64H,1-8H3,(H2,97,98,99,100,101,102,103,104)/t57-,58-,59-,60-,61-,62-,63-,64-/m0/s1. The number of H-pyrrole nitrogens is 2. The molecule has 0 saturated carbocycles. The summed E-state index contributed by atoms with van der Waals surface area (Å²) in [4.78, 5) is 52.0. The Hall–Kier alpha value is -9.20. The Morgan fingerprint density at radius 1 is 0.188 bits per heavy atom. The van der Waals surface area contributed by atoms with Crippen molar-refractivity contribution in [3.8, 4) is 45.6 Å². The van der Waals surface area contributed by atoms with E-state index in [0.717, 1.165) is 83.0 Å². The second-order valence-corrected chi connectivity index (χ2v) is 39.4. The number of thioether (sulfide) groups is 8. The first-order chi connectivity index (χ1) is 54.7. The number of fused-ring (bicyclic) bond motifs is 20. The average Bonchev–Trinajstić information content (AvgIpc) is 1.58. The number of hydrogen-bond donors (Lipinski definition) is 2. The molecule has 0 fully saturated rings. The van der Waals surface area contributed by atoms with Gasteiger partial charge in [0.15, 0.2) is 23.3 Å². The van der Waals surface area contributed by atoms with Crippen LogP contribution >= 0.6 is 94.1 Å². The van der Waals surface area contributed by atoms with Gasteiger partial charge < -0.3 is 9.97 Å². The van der Waals surface area contributed by atoms with Gasteiger partial charge in [0, 0.05) is 125 Å². The molecule has 3 aromatic heterocycles. The molecule has 2 N–H and O–H groups in total. The molecule has 0 saturated heterocycles. The largest absolute Gasteiger partial charge is 0.324 e. The Kier molecular flexibility index (Phi) is 22.8. The smallest absolute Gasteiger partial charge is 0.164 e. The highest BCUT2D eigenvalue weighted by molar-refractivity contribution is 8.04. The minimum atomic E-state index is 0.114. The molecule has 554 valence electrons. The van der Waals surface area contributed by atoms with Gasteiger partial charge in [0.05, 0.1) is 0 Å². The van der Waals surface area contributed by atoms with Crippen LogP contribution in [0.15, 0.2) is 330 Å². The SMILES string of the molecule is C[C@H](Sc1cc2c(cc1S[C@@H](C)c1ccccc1)-c1nc-2nc2[nH]c(nc3nc(nc4[nH]c(n1)c1cc(S[C@@H](C)c5ccccc5)c(S[C@@H](C)c5ccccc5)cc41)-c1cc(S[C@@H](C)c4ccccc4)c(S[C@@H](C)c4ccccc4)cc1-3)c1cc(S[C@@H](C)c3ccccc3)c(S[C@@H](C)c3ccccc3)cc21)c1ccccc1. The van der Waals surface area contributed by atoms with Crippen LogP contribution in [0.1, 0.15) is 142 Å². The zero-order valence-electron chi connectivity index (χ0n) is 63.3. The molecule has 12 aromatic carbocycles. The summed E-state index contributed by atoms with van der Waals surface area (Å²) in [5.41, 5.74) is 16.1. The van der Waals surface area contributed by atoms with Crippen molar-refractivity contribution in [2.45, 2.75) is 137 Å². The second kappa shape index (κ2) is 33.9. The average molecular weight is 1600 g/mol. The molecule has 17 rings (SSSR count). The number of nitrogens with zero attached hydrogens (tertiary/aromatic N) is 6. The van der Waals surface area contributed by atoms with E-state index in [2.05, 4.69) is 357 Å². The Labute approximate surface area is 689 Å². The molecule has 16 heteroatoms. The van der Waals surface area contributed by atoms with E-state index in [-0.39, 0.29) is 42.0 Å². The van der Waals surface area contributed by atoms with Gasteiger partial charge in [0.2, 0.25) is 0 Å². The van der Waals surface area contributed by atoms with Crippen LogP contribution in [0.2, 0.25) is 0 Å². The maximum Gasteiger partial charge on any atom is 0.164 e. The van der Waals surface area contributed by atoms with Crippen molar-refractivity contribution < 1.29 is 0 Å². The molecule has 0 unspecified atom stereocenters. The van der Waals surface area contributed by atoms with Crippen LogP contribution in [-0.4, -0.2) is 39.9 Å². The molecular weight excluding hydrogens is 1520 g/mol. The van der Waals surface area contributed by atoms with Gasteiger partial charge in [-0.2, -0.15) is 0 Å². The lowest BCUT2D eigenvalue weighted by molar-refractivity contribution is 1.07. The summed E-state index contributed by atoms with van der Waals surface area (Å²) >= 11 is 15.0. The lowest BCUT2D eigenvalue weighted by Crippen LogP contribution is -1.94. The zero-order chi connectivity index (χ0) is 76.3.